The fourth-order valence-electron chi connectivity index (χ4n) is 2.34. The average Bonchev–Trinajstić information content (AvgIpc) is 3.04. The zero-order chi connectivity index (χ0) is 16.9. The molecule has 1 amide bonds. The standard InChI is InChI=1S/C17H14F2N4O/c18-13-4-1-5-14(19)15(13)17(24)22-8-10-23-9-7-21-16(23)12-3-2-6-20-11-12/h1-7,9,11H,8,10H2,(H,22,24). The Hall–Kier alpha value is -3.09. The van der Waals surface area contributed by atoms with E-state index < -0.39 is 23.1 Å². The molecule has 122 valence electrons. The first-order chi connectivity index (χ1) is 11.7. The highest BCUT2D eigenvalue weighted by atomic mass is 19.1. The van der Waals surface area contributed by atoms with Crippen LogP contribution in [0.25, 0.3) is 11.4 Å². The van der Waals surface area contributed by atoms with Gasteiger partial charge in [0, 0.05) is 43.4 Å². The van der Waals surface area contributed by atoms with Crippen LogP contribution in [0, 0.1) is 11.6 Å². The third-order valence-electron chi connectivity index (χ3n) is 3.46. The van der Waals surface area contributed by atoms with Gasteiger partial charge in [0.05, 0.1) is 0 Å². The summed E-state index contributed by atoms with van der Waals surface area (Å²) in [5.74, 6) is -1.85. The van der Waals surface area contributed by atoms with Crippen molar-refractivity contribution in [3.8, 4) is 11.4 Å². The Morgan fingerprint density at radius 3 is 2.62 bits per heavy atom. The van der Waals surface area contributed by atoms with Gasteiger partial charge >= 0.3 is 0 Å². The normalized spacial score (nSPS) is 10.6. The van der Waals surface area contributed by atoms with Crippen molar-refractivity contribution in [1.82, 2.24) is 19.9 Å². The van der Waals surface area contributed by atoms with Crippen molar-refractivity contribution in [3.05, 3.63) is 72.3 Å². The van der Waals surface area contributed by atoms with Gasteiger partial charge < -0.3 is 9.88 Å². The maximum atomic E-state index is 13.6. The molecule has 0 aliphatic heterocycles. The largest absolute Gasteiger partial charge is 0.350 e. The molecule has 0 fully saturated rings. The minimum absolute atomic E-state index is 0.205. The molecule has 1 N–H and O–H groups in total. The van der Waals surface area contributed by atoms with Crippen LogP contribution in [0.4, 0.5) is 8.78 Å². The number of amides is 1. The quantitative estimate of drug-likeness (QED) is 0.783. The van der Waals surface area contributed by atoms with Gasteiger partial charge in [-0.15, -0.1) is 0 Å². The minimum Gasteiger partial charge on any atom is -0.350 e. The molecule has 1 aromatic carbocycles. The predicted octanol–water partition coefficient (Wildman–Crippen LogP) is 2.65. The summed E-state index contributed by atoms with van der Waals surface area (Å²) in [6, 6.07) is 6.99. The number of carbonyl (C=O) groups is 1. The van der Waals surface area contributed by atoms with Crippen LogP contribution in [0.1, 0.15) is 10.4 Å². The fourth-order valence-corrected chi connectivity index (χ4v) is 2.34. The summed E-state index contributed by atoms with van der Waals surface area (Å²) in [4.78, 5) is 20.2. The lowest BCUT2D eigenvalue weighted by Gasteiger charge is -2.10. The van der Waals surface area contributed by atoms with Crippen LogP contribution in [0.5, 0.6) is 0 Å². The van der Waals surface area contributed by atoms with Crippen molar-refractivity contribution >= 4 is 5.91 Å². The van der Waals surface area contributed by atoms with Crippen molar-refractivity contribution in [2.75, 3.05) is 6.54 Å². The van der Waals surface area contributed by atoms with E-state index in [-0.39, 0.29) is 6.54 Å². The first kappa shape index (κ1) is 15.8. The minimum atomic E-state index is -0.883. The van der Waals surface area contributed by atoms with E-state index in [4.69, 9.17) is 0 Å². The third-order valence-corrected chi connectivity index (χ3v) is 3.46. The fraction of sp³-hybridized carbons (Fsp3) is 0.118. The lowest BCUT2D eigenvalue weighted by atomic mass is 10.2. The lowest BCUT2D eigenvalue weighted by molar-refractivity contribution is 0.0944. The van der Waals surface area contributed by atoms with Gasteiger partial charge in [0.1, 0.15) is 23.0 Å². The van der Waals surface area contributed by atoms with Gasteiger partial charge in [-0.3, -0.25) is 9.78 Å². The second-order valence-corrected chi connectivity index (χ2v) is 5.04. The molecule has 3 aromatic rings. The molecule has 24 heavy (non-hydrogen) atoms. The molecule has 0 atom stereocenters. The Labute approximate surface area is 137 Å². The van der Waals surface area contributed by atoms with Gasteiger partial charge in [-0.25, -0.2) is 13.8 Å². The zero-order valence-corrected chi connectivity index (χ0v) is 12.6. The zero-order valence-electron chi connectivity index (χ0n) is 12.6. The van der Waals surface area contributed by atoms with Crippen LogP contribution >= 0.6 is 0 Å². The molecule has 2 aromatic heterocycles. The Kier molecular flexibility index (Phi) is 4.60. The summed E-state index contributed by atoms with van der Waals surface area (Å²) in [7, 11) is 0. The first-order valence-electron chi connectivity index (χ1n) is 7.30. The second-order valence-electron chi connectivity index (χ2n) is 5.04. The monoisotopic (exact) mass is 328 g/mol. The smallest absolute Gasteiger partial charge is 0.257 e. The van der Waals surface area contributed by atoms with Gasteiger partial charge in [0.15, 0.2) is 0 Å². The molecular weight excluding hydrogens is 314 g/mol. The van der Waals surface area contributed by atoms with Crippen LogP contribution in [0.3, 0.4) is 0 Å². The van der Waals surface area contributed by atoms with Gasteiger partial charge in [0.2, 0.25) is 0 Å². The molecule has 2 heterocycles. The van der Waals surface area contributed by atoms with Crippen molar-refractivity contribution in [2.45, 2.75) is 6.54 Å². The van der Waals surface area contributed by atoms with Crippen molar-refractivity contribution in [3.63, 3.8) is 0 Å². The number of aromatic nitrogens is 3. The summed E-state index contributed by atoms with van der Waals surface area (Å²) in [6.07, 6.45) is 6.75. The van der Waals surface area contributed by atoms with E-state index in [2.05, 4.69) is 15.3 Å². The molecule has 0 saturated heterocycles. The van der Waals surface area contributed by atoms with E-state index >= 15 is 0 Å². The van der Waals surface area contributed by atoms with Crippen molar-refractivity contribution < 1.29 is 13.6 Å². The Morgan fingerprint density at radius 1 is 1.12 bits per heavy atom. The van der Waals surface area contributed by atoms with E-state index in [1.165, 1.54) is 6.07 Å². The topological polar surface area (TPSA) is 59.8 Å². The summed E-state index contributed by atoms with van der Waals surface area (Å²) in [5, 5.41) is 2.51. The highest BCUT2D eigenvalue weighted by molar-refractivity contribution is 5.94. The molecule has 0 spiro atoms. The highest BCUT2D eigenvalue weighted by Crippen LogP contribution is 2.15. The number of benzene rings is 1. The van der Waals surface area contributed by atoms with Gasteiger partial charge in [-0.1, -0.05) is 6.07 Å². The SMILES string of the molecule is O=C(NCCn1ccnc1-c1cccnc1)c1c(F)cccc1F. The number of pyridine rings is 1. The van der Waals surface area contributed by atoms with E-state index in [1.807, 2.05) is 10.6 Å². The average molecular weight is 328 g/mol. The van der Waals surface area contributed by atoms with E-state index in [1.54, 1.807) is 30.9 Å². The molecule has 0 radical (unpaired) electrons. The molecule has 3 rings (SSSR count). The number of hydrogen-bond donors (Lipinski definition) is 1. The molecule has 7 heteroatoms. The summed E-state index contributed by atoms with van der Waals surface area (Å²) in [6.45, 7) is 0.613. The predicted molar refractivity (Wildman–Crippen MR) is 84.1 cm³/mol. The van der Waals surface area contributed by atoms with Crippen LogP contribution in [-0.2, 0) is 6.54 Å². The molecular formula is C17H14F2N4O. The Morgan fingerprint density at radius 2 is 1.92 bits per heavy atom. The van der Waals surface area contributed by atoms with E-state index in [0.717, 1.165) is 17.7 Å². The van der Waals surface area contributed by atoms with Gasteiger partial charge in [-0.05, 0) is 24.3 Å². The third kappa shape index (κ3) is 3.29. The number of rotatable bonds is 5. The molecule has 0 unspecified atom stereocenters. The van der Waals surface area contributed by atoms with Gasteiger partial charge in [-0.2, -0.15) is 0 Å². The summed E-state index contributed by atoms with van der Waals surface area (Å²) < 4.78 is 29.0. The number of carbonyl (C=O) groups excluding carboxylic acids is 1. The first-order valence-corrected chi connectivity index (χ1v) is 7.30. The maximum Gasteiger partial charge on any atom is 0.257 e. The molecule has 5 nitrogen and oxygen atoms in total. The van der Waals surface area contributed by atoms with Crippen LogP contribution in [-0.4, -0.2) is 27.0 Å². The van der Waals surface area contributed by atoms with E-state index in [0.29, 0.717) is 12.4 Å². The number of nitrogens with one attached hydrogen (secondary N) is 1. The number of halogens is 2. The Balaban J connectivity index is 1.66. The molecule has 0 bridgehead atoms. The maximum absolute atomic E-state index is 13.6. The molecule has 0 saturated carbocycles. The second kappa shape index (κ2) is 6.99. The van der Waals surface area contributed by atoms with E-state index in [9.17, 15) is 13.6 Å². The number of imidazole rings is 1. The Bertz CT molecular complexity index is 829. The summed E-state index contributed by atoms with van der Waals surface area (Å²) >= 11 is 0. The number of nitrogens with zero attached hydrogens (tertiary/aromatic N) is 3. The molecule has 0 aliphatic rings. The molecule has 0 aliphatic carbocycles. The lowest BCUT2D eigenvalue weighted by Crippen LogP contribution is -2.28. The van der Waals surface area contributed by atoms with Crippen LogP contribution in [0.2, 0.25) is 0 Å². The van der Waals surface area contributed by atoms with Crippen molar-refractivity contribution in [2.24, 2.45) is 0 Å². The summed E-state index contributed by atoms with van der Waals surface area (Å²) in [5.41, 5.74) is 0.268. The number of hydrogen-bond acceptors (Lipinski definition) is 3. The van der Waals surface area contributed by atoms with Gasteiger partial charge in [0.25, 0.3) is 5.91 Å². The highest BCUT2D eigenvalue weighted by Gasteiger charge is 2.16. The van der Waals surface area contributed by atoms with Crippen LogP contribution < -0.4 is 5.32 Å². The van der Waals surface area contributed by atoms with Crippen molar-refractivity contribution in [1.29, 1.82) is 0 Å². The van der Waals surface area contributed by atoms with Crippen LogP contribution in [0.15, 0.2) is 55.1 Å².